The molecule has 0 spiro atoms. The smallest absolute Gasteiger partial charge is 0.338 e. The molecule has 0 radical (unpaired) electrons. The van der Waals surface area contributed by atoms with Gasteiger partial charge in [0.25, 0.3) is 0 Å². The number of esters is 1. The zero-order chi connectivity index (χ0) is 19.6. The quantitative estimate of drug-likeness (QED) is 0.482. The zero-order valence-electron chi connectivity index (χ0n) is 15.9. The predicted octanol–water partition coefficient (Wildman–Crippen LogP) is 4.91. The average Bonchev–Trinajstić information content (AvgIpc) is 2.73. The van der Waals surface area contributed by atoms with Gasteiger partial charge >= 0.3 is 5.97 Å². The topological polar surface area (TPSA) is 78.8 Å². The number of unbranched alkanes of at least 4 members (excludes halogenated alkanes) is 1. The van der Waals surface area contributed by atoms with E-state index in [4.69, 9.17) is 9.94 Å². The standard InChI is InChI=1S/C13H18O3.C6H7NO.C2H6/c1-2-3-9-12(14)10-16-13(15)11-7-5-4-6-8-11;8-7-6-4-2-1-3-5-6;1-2/h4-8,12,14H,2-3,9-10H2,1H3;1-5,7-8H;1-2H3. The minimum absolute atomic E-state index is 0.0771. The van der Waals surface area contributed by atoms with Crippen LogP contribution in [0.1, 0.15) is 50.4 Å². The Morgan fingerprint density at radius 3 is 2.04 bits per heavy atom. The van der Waals surface area contributed by atoms with Crippen LogP contribution in [0.4, 0.5) is 5.69 Å². The summed E-state index contributed by atoms with van der Waals surface area (Å²) in [5, 5.41) is 17.8. The molecule has 3 N–H and O–H groups in total. The van der Waals surface area contributed by atoms with Crippen molar-refractivity contribution in [3.05, 3.63) is 66.2 Å². The number of carbonyl (C=O) groups is 1. The highest BCUT2D eigenvalue weighted by Gasteiger charge is 2.09. The zero-order valence-corrected chi connectivity index (χ0v) is 15.9. The first-order valence-electron chi connectivity index (χ1n) is 9.02. The van der Waals surface area contributed by atoms with Crippen LogP contribution in [0.25, 0.3) is 0 Å². The molecule has 26 heavy (non-hydrogen) atoms. The van der Waals surface area contributed by atoms with Crippen LogP contribution < -0.4 is 5.48 Å². The van der Waals surface area contributed by atoms with Gasteiger partial charge in [0.2, 0.25) is 0 Å². The van der Waals surface area contributed by atoms with Crippen LogP contribution in [0.15, 0.2) is 60.7 Å². The summed E-state index contributed by atoms with van der Waals surface area (Å²) in [7, 11) is 0. The highest BCUT2D eigenvalue weighted by atomic mass is 16.5. The molecule has 144 valence electrons. The number of carbonyl (C=O) groups excluding carboxylic acids is 1. The predicted molar refractivity (Wildman–Crippen MR) is 105 cm³/mol. The lowest BCUT2D eigenvalue weighted by Gasteiger charge is -2.10. The van der Waals surface area contributed by atoms with Gasteiger partial charge in [0.05, 0.1) is 17.4 Å². The number of benzene rings is 2. The second kappa shape index (κ2) is 16.1. The van der Waals surface area contributed by atoms with Crippen LogP contribution >= 0.6 is 0 Å². The van der Waals surface area contributed by atoms with Gasteiger partial charge in [-0.1, -0.05) is 70.0 Å². The molecule has 5 nitrogen and oxygen atoms in total. The first-order valence-corrected chi connectivity index (χ1v) is 9.02. The molecule has 2 rings (SSSR count). The maximum Gasteiger partial charge on any atom is 0.338 e. The van der Waals surface area contributed by atoms with Crippen molar-refractivity contribution in [3.8, 4) is 0 Å². The summed E-state index contributed by atoms with van der Waals surface area (Å²) in [5.74, 6) is -0.379. The van der Waals surface area contributed by atoms with Gasteiger partial charge in [0, 0.05) is 0 Å². The summed E-state index contributed by atoms with van der Waals surface area (Å²) in [6, 6.07) is 17.9. The lowest BCUT2D eigenvalue weighted by atomic mass is 10.2. The molecule has 2 aromatic rings. The minimum Gasteiger partial charge on any atom is -0.459 e. The first-order chi connectivity index (χ1) is 12.7. The van der Waals surface area contributed by atoms with E-state index in [0.717, 1.165) is 12.8 Å². The molecule has 0 amide bonds. The Balaban J connectivity index is 0.000000522. The van der Waals surface area contributed by atoms with Gasteiger partial charge in [-0.05, 0) is 30.7 Å². The summed E-state index contributed by atoms with van der Waals surface area (Å²) in [6.07, 6.45) is 2.11. The van der Waals surface area contributed by atoms with E-state index in [2.05, 4.69) is 6.92 Å². The van der Waals surface area contributed by atoms with Crippen molar-refractivity contribution in [2.24, 2.45) is 0 Å². The van der Waals surface area contributed by atoms with E-state index in [1.165, 1.54) is 0 Å². The van der Waals surface area contributed by atoms with E-state index in [-0.39, 0.29) is 12.6 Å². The summed E-state index contributed by atoms with van der Waals surface area (Å²) in [4.78, 5) is 11.5. The van der Waals surface area contributed by atoms with E-state index in [9.17, 15) is 9.90 Å². The third kappa shape index (κ3) is 11.2. The van der Waals surface area contributed by atoms with Gasteiger partial charge in [-0.3, -0.25) is 10.7 Å². The molecule has 0 heterocycles. The number of hydrogen-bond donors (Lipinski definition) is 3. The molecule has 0 bridgehead atoms. The van der Waals surface area contributed by atoms with Gasteiger partial charge in [-0.2, -0.15) is 0 Å². The number of nitrogens with one attached hydrogen (secondary N) is 1. The molecule has 0 saturated heterocycles. The molecule has 0 aliphatic rings. The molecular formula is C21H31NO4. The molecular weight excluding hydrogens is 330 g/mol. The lowest BCUT2D eigenvalue weighted by molar-refractivity contribution is 0.0234. The maximum absolute atomic E-state index is 11.5. The highest BCUT2D eigenvalue weighted by molar-refractivity contribution is 5.89. The normalized spacial score (nSPS) is 10.3. The number of para-hydroxylation sites is 1. The fourth-order valence-electron chi connectivity index (χ4n) is 1.87. The third-order valence-corrected chi connectivity index (χ3v) is 3.21. The van der Waals surface area contributed by atoms with Crippen molar-refractivity contribution in [1.29, 1.82) is 0 Å². The van der Waals surface area contributed by atoms with E-state index in [1.807, 2.05) is 43.6 Å². The summed E-state index contributed by atoms with van der Waals surface area (Å²) >= 11 is 0. The van der Waals surface area contributed by atoms with Crippen LogP contribution in [-0.2, 0) is 4.74 Å². The second-order valence-corrected chi connectivity index (χ2v) is 5.24. The Morgan fingerprint density at radius 1 is 1.04 bits per heavy atom. The number of aliphatic hydroxyl groups excluding tert-OH is 1. The van der Waals surface area contributed by atoms with Crippen molar-refractivity contribution in [1.82, 2.24) is 0 Å². The Morgan fingerprint density at radius 2 is 1.58 bits per heavy atom. The van der Waals surface area contributed by atoms with Crippen LogP contribution in [-0.4, -0.2) is 29.0 Å². The Kier molecular flexibility index (Phi) is 14.6. The molecule has 5 heteroatoms. The summed E-state index contributed by atoms with van der Waals surface area (Å²) in [5.41, 5.74) is 3.26. The Hall–Kier alpha value is -2.37. The monoisotopic (exact) mass is 361 g/mol. The highest BCUT2D eigenvalue weighted by Crippen LogP contribution is 2.04. The van der Waals surface area contributed by atoms with Crippen molar-refractivity contribution in [3.63, 3.8) is 0 Å². The first kappa shape index (κ1) is 23.6. The maximum atomic E-state index is 11.5. The largest absolute Gasteiger partial charge is 0.459 e. The molecule has 0 aliphatic carbocycles. The van der Waals surface area contributed by atoms with Gasteiger partial charge in [0.15, 0.2) is 0 Å². The minimum atomic E-state index is -0.549. The molecule has 1 atom stereocenters. The Labute approximate surface area is 156 Å². The van der Waals surface area contributed by atoms with Crippen LogP contribution in [0.5, 0.6) is 0 Å². The van der Waals surface area contributed by atoms with Crippen LogP contribution in [0.2, 0.25) is 0 Å². The van der Waals surface area contributed by atoms with E-state index < -0.39 is 6.10 Å². The van der Waals surface area contributed by atoms with Crippen molar-refractivity contribution in [2.45, 2.75) is 46.1 Å². The van der Waals surface area contributed by atoms with E-state index >= 15 is 0 Å². The number of hydrogen-bond acceptors (Lipinski definition) is 5. The Bertz CT molecular complexity index is 561. The third-order valence-electron chi connectivity index (χ3n) is 3.21. The fraction of sp³-hybridized carbons (Fsp3) is 0.381. The number of aliphatic hydroxyl groups is 1. The van der Waals surface area contributed by atoms with Crippen LogP contribution in [0.3, 0.4) is 0 Å². The number of anilines is 1. The summed E-state index contributed by atoms with van der Waals surface area (Å²) < 4.78 is 5.00. The molecule has 0 aliphatic heterocycles. The summed E-state index contributed by atoms with van der Waals surface area (Å²) in [6.45, 7) is 6.14. The van der Waals surface area contributed by atoms with Gasteiger partial charge in [0.1, 0.15) is 6.61 Å². The van der Waals surface area contributed by atoms with Crippen molar-refractivity contribution < 1.29 is 19.8 Å². The van der Waals surface area contributed by atoms with Crippen LogP contribution in [0, 0.1) is 0 Å². The van der Waals surface area contributed by atoms with Crippen molar-refractivity contribution >= 4 is 11.7 Å². The van der Waals surface area contributed by atoms with Gasteiger partial charge < -0.3 is 9.84 Å². The van der Waals surface area contributed by atoms with Gasteiger partial charge in [-0.15, -0.1) is 0 Å². The molecule has 0 aromatic heterocycles. The molecule has 0 saturated carbocycles. The van der Waals surface area contributed by atoms with E-state index in [0.29, 0.717) is 17.7 Å². The number of rotatable bonds is 7. The average molecular weight is 361 g/mol. The molecule has 1 unspecified atom stereocenters. The van der Waals surface area contributed by atoms with E-state index in [1.54, 1.807) is 36.4 Å². The lowest BCUT2D eigenvalue weighted by Crippen LogP contribution is -2.18. The van der Waals surface area contributed by atoms with Gasteiger partial charge in [-0.25, -0.2) is 4.79 Å². The molecule has 2 aromatic carbocycles. The molecule has 0 fully saturated rings. The SMILES string of the molecule is CC.CCCCC(O)COC(=O)c1ccccc1.ONc1ccccc1. The second-order valence-electron chi connectivity index (χ2n) is 5.24. The fourth-order valence-corrected chi connectivity index (χ4v) is 1.87. The van der Waals surface area contributed by atoms with Crippen molar-refractivity contribution in [2.75, 3.05) is 12.1 Å². The number of ether oxygens (including phenoxy) is 1.